The van der Waals surface area contributed by atoms with E-state index in [2.05, 4.69) is 32.3 Å². The van der Waals surface area contributed by atoms with Crippen LogP contribution >= 0.6 is 0 Å². The van der Waals surface area contributed by atoms with Crippen LogP contribution in [-0.2, 0) is 18.3 Å². The molecule has 0 spiro atoms. The lowest BCUT2D eigenvalue weighted by Crippen LogP contribution is -2.41. The summed E-state index contributed by atoms with van der Waals surface area (Å²) in [6, 6.07) is 18.1. The number of aromatic nitrogens is 5. The molecular weight excluding hydrogens is 618 g/mol. The van der Waals surface area contributed by atoms with Gasteiger partial charge in [0.2, 0.25) is 0 Å². The molecule has 11 nitrogen and oxygen atoms in total. The van der Waals surface area contributed by atoms with Gasteiger partial charge in [-0.2, -0.15) is 0 Å². The number of aryl methyl sites for hydroxylation is 1. The number of piperidine rings is 1. The standard InChI is InChI=1S/C38H39N7O4/c1-4-49-38(47)29-14-24-13-21(7-10-27(24)40-29)26-11-8-22-16-31(44(35(22)41-26)18-20-5-6-20)36-42-28-15-25(17-32(48-3)34(28)43(36)2)37(46)45-19-23-9-12-30(45)33(23)39/h7-8,10-11,13-17,20,23,30,33,40H,4-6,9,12,18-19,39H2,1-3H3/t23-,30-,33-/m1/s1. The average Bonchev–Trinajstić information content (AvgIpc) is 3.36. The molecule has 3 fully saturated rings. The van der Waals surface area contributed by atoms with Crippen LogP contribution < -0.4 is 10.5 Å². The topological polar surface area (TPSA) is 133 Å². The van der Waals surface area contributed by atoms with E-state index in [1.54, 1.807) is 14.0 Å². The first-order chi connectivity index (χ1) is 23.8. The number of pyridine rings is 1. The normalized spacial score (nSPS) is 20.2. The van der Waals surface area contributed by atoms with Crippen molar-refractivity contribution in [2.75, 3.05) is 20.3 Å². The van der Waals surface area contributed by atoms with Crippen LogP contribution in [0.5, 0.6) is 5.75 Å². The lowest BCUT2D eigenvalue weighted by Gasteiger charge is -2.27. The van der Waals surface area contributed by atoms with Crippen LogP contribution in [0.25, 0.3) is 55.7 Å². The zero-order valence-electron chi connectivity index (χ0n) is 27.9. The van der Waals surface area contributed by atoms with Gasteiger partial charge in [-0.1, -0.05) is 6.07 Å². The van der Waals surface area contributed by atoms with E-state index in [1.165, 1.54) is 12.8 Å². The van der Waals surface area contributed by atoms with Crippen molar-refractivity contribution in [3.05, 3.63) is 65.9 Å². The molecular formula is C38H39N7O4. The fraction of sp³-hybridized carbons (Fsp3) is 0.368. The Labute approximate surface area is 283 Å². The van der Waals surface area contributed by atoms with Gasteiger partial charge in [-0.3, -0.25) is 4.79 Å². The SMILES string of the molecule is CCOC(=O)c1cc2cc(-c3ccc4cc(-c5nc6cc(C(=O)N7C[C@H]8CC[C@@H]7[C@@H]8N)cc(OC)c6n5C)n(CC5CC5)c4n3)ccc2[nH]1. The summed E-state index contributed by atoms with van der Waals surface area (Å²) < 4.78 is 15.4. The Balaban J connectivity index is 1.12. The van der Waals surface area contributed by atoms with E-state index in [-0.39, 0.29) is 24.0 Å². The number of likely N-dealkylation sites (tertiary alicyclic amines) is 1. The van der Waals surface area contributed by atoms with Gasteiger partial charge in [-0.15, -0.1) is 0 Å². The molecule has 3 aliphatic rings. The monoisotopic (exact) mass is 657 g/mol. The number of hydrogen-bond donors (Lipinski definition) is 2. The number of carbonyl (C=O) groups is 2. The predicted octanol–water partition coefficient (Wildman–Crippen LogP) is 5.90. The number of aromatic amines is 1. The first kappa shape index (κ1) is 29.9. The fourth-order valence-corrected chi connectivity index (χ4v) is 8.09. The lowest BCUT2D eigenvalue weighted by atomic mass is 10.1. The van der Waals surface area contributed by atoms with Crippen molar-refractivity contribution in [1.29, 1.82) is 0 Å². The Morgan fingerprint density at radius 3 is 2.59 bits per heavy atom. The number of benzene rings is 2. The summed E-state index contributed by atoms with van der Waals surface area (Å²) in [5.74, 6) is 2.00. The van der Waals surface area contributed by atoms with Gasteiger partial charge in [0.05, 0.1) is 30.6 Å². The molecule has 3 N–H and O–H groups in total. The highest BCUT2D eigenvalue weighted by Crippen LogP contribution is 2.40. The van der Waals surface area contributed by atoms with Crippen molar-refractivity contribution < 1.29 is 19.1 Å². The molecule has 1 saturated heterocycles. The average molecular weight is 658 g/mol. The summed E-state index contributed by atoms with van der Waals surface area (Å²) in [5.41, 5.74) is 13.5. The molecule has 2 aliphatic carbocycles. The van der Waals surface area contributed by atoms with E-state index in [0.717, 1.165) is 69.6 Å². The summed E-state index contributed by atoms with van der Waals surface area (Å²) in [6.07, 6.45) is 4.43. The number of hydrogen-bond acceptors (Lipinski definition) is 7. The zero-order chi connectivity index (χ0) is 33.6. The van der Waals surface area contributed by atoms with E-state index < -0.39 is 0 Å². The first-order valence-electron chi connectivity index (χ1n) is 17.2. The van der Waals surface area contributed by atoms with Gasteiger partial charge in [-0.25, -0.2) is 14.8 Å². The maximum atomic E-state index is 13.8. The minimum Gasteiger partial charge on any atom is -0.494 e. The summed E-state index contributed by atoms with van der Waals surface area (Å²) in [4.78, 5) is 41.6. The molecule has 9 rings (SSSR count). The van der Waals surface area contributed by atoms with E-state index >= 15 is 0 Å². The van der Waals surface area contributed by atoms with E-state index in [0.29, 0.717) is 47.5 Å². The van der Waals surface area contributed by atoms with Crippen molar-refractivity contribution >= 4 is 44.8 Å². The van der Waals surface area contributed by atoms with Crippen LogP contribution in [0, 0.1) is 11.8 Å². The molecule has 4 aromatic heterocycles. The summed E-state index contributed by atoms with van der Waals surface area (Å²) >= 11 is 0. The maximum Gasteiger partial charge on any atom is 0.354 e. The van der Waals surface area contributed by atoms with Crippen molar-refractivity contribution in [1.82, 2.24) is 29.0 Å². The van der Waals surface area contributed by atoms with E-state index in [1.807, 2.05) is 48.3 Å². The second-order valence-electron chi connectivity index (χ2n) is 13.9. The molecule has 0 radical (unpaired) electrons. The number of rotatable bonds is 8. The Morgan fingerprint density at radius 2 is 1.86 bits per heavy atom. The highest BCUT2D eigenvalue weighted by molar-refractivity contribution is 6.01. The zero-order valence-corrected chi connectivity index (χ0v) is 27.9. The van der Waals surface area contributed by atoms with Crippen molar-refractivity contribution in [3.63, 3.8) is 0 Å². The van der Waals surface area contributed by atoms with E-state index in [4.69, 9.17) is 25.2 Å². The minimum atomic E-state index is -0.365. The van der Waals surface area contributed by atoms with Gasteiger partial charge in [0, 0.05) is 59.6 Å². The largest absolute Gasteiger partial charge is 0.494 e. The molecule has 6 aromatic rings. The Morgan fingerprint density at radius 1 is 1.00 bits per heavy atom. The number of nitrogens with one attached hydrogen (secondary N) is 1. The number of carbonyl (C=O) groups excluding carboxylic acids is 2. The van der Waals surface area contributed by atoms with E-state index in [9.17, 15) is 9.59 Å². The Bertz CT molecular complexity index is 2310. The summed E-state index contributed by atoms with van der Waals surface area (Å²) in [7, 11) is 3.64. The van der Waals surface area contributed by atoms with Crippen LogP contribution in [0.15, 0.2) is 54.6 Å². The maximum absolute atomic E-state index is 13.8. The van der Waals surface area contributed by atoms with Crippen molar-refractivity contribution in [3.8, 4) is 28.5 Å². The fourth-order valence-electron chi connectivity index (χ4n) is 8.09. The molecule has 5 heterocycles. The van der Waals surface area contributed by atoms with Gasteiger partial charge in [0.1, 0.15) is 22.6 Å². The predicted molar refractivity (Wildman–Crippen MR) is 187 cm³/mol. The summed E-state index contributed by atoms with van der Waals surface area (Å²) in [6.45, 7) is 3.68. The molecule has 1 amide bonds. The second-order valence-corrected chi connectivity index (χ2v) is 13.9. The molecule has 3 atom stereocenters. The van der Waals surface area contributed by atoms with Crippen LogP contribution in [0.1, 0.15) is 53.5 Å². The van der Waals surface area contributed by atoms with Gasteiger partial charge >= 0.3 is 5.97 Å². The smallest absolute Gasteiger partial charge is 0.354 e. The molecule has 250 valence electrons. The highest BCUT2D eigenvalue weighted by Gasteiger charge is 2.47. The highest BCUT2D eigenvalue weighted by atomic mass is 16.5. The molecule has 11 heteroatoms. The molecule has 2 bridgehead atoms. The lowest BCUT2D eigenvalue weighted by molar-refractivity contribution is 0.0520. The number of methoxy groups -OCH3 is 1. The molecule has 2 saturated carbocycles. The van der Waals surface area contributed by atoms with Crippen LogP contribution in [0.4, 0.5) is 0 Å². The van der Waals surface area contributed by atoms with Crippen molar-refractivity contribution in [2.24, 2.45) is 24.6 Å². The Hall–Kier alpha value is -5.16. The van der Waals surface area contributed by atoms with Gasteiger partial charge in [0.25, 0.3) is 5.91 Å². The van der Waals surface area contributed by atoms with Crippen LogP contribution in [-0.4, -0.2) is 73.2 Å². The first-order valence-corrected chi connectivity index (χ1v) is 17.2. The number of nitrogens with zero attached hydrogens (tertiary/aromatic N) is 5. The third-order valence-electron chi connectivity index (χ3n) is 10.8. The minimum absolute atomic E-state index is 0.00966. The number of fused-ring (bicyclic) bond motifs is 5. The number of imidazole rings is 1. The van der Waals surface area contributed by atoms with Gasteiger partial charge in [0.15, 0.2) is 5.82 Å². The van der Waals surface area contributed by atoms with Crippen LogP contribution in [0.2, 0.25) is 0 Å². The van der Waals surface area contributed by atoms with Gasteiger partial charge < -0.3 is 34.2 Å². The Kier molecular flexibility index (Phi) is 6.84. The number of H-pyrrole nitrogens is 1. The van der Waals surface area contributed by atoms with Gasteiger partial charge in [-0.05, 0) is 93.0 Å². The van der Waals surface area contributed by atoms with Crippen molar-refractivity contribution in [2.45, 2.75) is 51.2 Å². The second kappa shape index (κ2) is 11.2. The number of amides is 1. The molecule has 0 unspecified atom stereocenters. The number of nitrogens with two attached hydrogens (primary N) is 1. The third kappa shape index (κ3) is 4.81. The number of esters is 1. The number of ether oxygens (including phenoxy) is 2. The molecule has 1 aliphatic heterocycles. The third-order valence-corrected chi connectivity index (χ3v) is 10.8. The molecule has 49 heavy (non-hydrogen) atoms. The molecule has 2 aromatic carbocycles. The quantitative estimate of drug-likeness (QED) is 0.195. The van der Waals surface area contributed by atoms with Crippen LogP contribution in [0.3, 0.4) is 0 Å². The summed E-state index contributed by atoms with van der Waals surface area (Å²) in [5, 5.41) is 1.95.